The highest BCUT2D eigenvalue weighted by Crippen LogP contribution is 2.38. The van der Waals surface area contributed by atoms with Gasteiger partial charge in [-0.3, -0.25) is 4.79 Å². The highest BCUT2D eigenvalue weighted by Gasteiger charge is 2.37. The summed E-state index contributed by atoms with van der Waals surface area (Å²) in [5.41, 5.74) is 6.14. The van der Waals surface area contributed by atoms with Gasteiger partial charge in [0, 0.05) is 4.47 Å². The normalized spacial score (nSPS) is 18.3. The number of rotatable bonds is 3. The van der Waals surface area contributed by atoms with Gasteiger partial charge in [0.05, 0.1) is 16.8 Å². The smallest absolute Gasteiger partial charge is 0.240 e. The average molecular weight is 479 g/mol. The second-order valence-corrected chi connectivity index (χ2v) is 8.97. The fourth-order valence-corrected chi connectivity index (χ4v) is 4.83. The van der Waals surface area contributed by atoms with E-state index in [4.69, 9.17) is 11.6 Å². The van der Waals surface area contributed by atoms with Crippen LogP contribution in [0.25, 0.3) is 0 Å². The van der Waals surface area contributed by atoms with Crippen LogP contribution in [0.5, 0.6) is 0 Å². The van der Waals surface area contributed by atoms with E-state index in [0.717, 1.165) is 21.4 Å². The molecule has 0 bridgehead atoms. The van der Waals surface area contributed by atoms with Crippen molar-refractivity contribution in [2.24, 2.45) is 0 Å². The molecule has 2 N–H and O–H groups in total. The van der Waals surface area contributed by atoms with E-state index in [0.29, 0.717) is 15.9 Å². The number of aromatic nitrogens is 3. The molecule has 2 unspecified atom stereocenters. The molecule has 0 saturated heterocycles. The third-order valence-corrected chi connectivity index (χ3v) is 6.50. The van der Waals surface area contributed by atoms with Crippen molar-refractivity contribution in [1.82, 2.24) is 14.9 Å². The highest BCUT2D eigenvalue weighted by molar-refractivity contribution is 9.10. The van der Waals surface area contributed by atoms with Crippen molar-refractivity contribution >= 4 is 50.9 Å². The van der Waals surface area contributed by atoms with Gasteiger partial charge in [-0.05, 0) is 37.6 Å². The predicted molar refractivity (Wildman–Crippen MR) is 115 cm³/mol. The Hall–Kier alpha value is -2.03. The molecular weight excluding hydrogens is 462 g/mol. The molecule has 1 aromatic heterocycles. The van der Waals surface area contributed by atoms with Gasteiger partial charge in [0.25, 0.3) is 0 Å². The van der Waals surface area contributed by atoms with Crippen LogP contribution in [0.3, 0.4) is 0 Å². The zero-order chi connectivity index (χ0) is 19.8. The molecule has 0 saturated carbocycles. The van der Waals surface area contributed by atoms with Gasteiger partial charge in [-0.15, -0.1) is 10.2 Å². The first kappa shape index (κ1) is 19.3. The molecule has 1 amide bonds. The molecular formula is C19H17BrClN5OS. The lowest BCUT2D eigenvalue weighted by molar-refractivity contribution is -0.116. The monoisotopic (exact) mass is 477 g/mol. The number of halogens is 2. The minimum Gasteiger partial charge on any atom is -0.324 e. The Kier molecular flexibility index (Phi) is 5.35. The summed E-state index contributed by atoms with van der Waals surface area (Å²) in [4.78, 5) is 13.2. The minimum absolute atomic E-state index is 0.154. The molecule has 28 heavy (non-hydrogen) atoms. The number of fused-ring (bicyclic) bond motifs is 1. The lowest BCUT2D eigenvalue weighted by Gasteiger charge is -2.32. The third kappa shape index (κ3) is 3.76. The molecule has 3 aromatic rings. The summed E-state index contributed by atoms with van der Waals surface area (Å²) in [6.45, 7) is 3.91. The van der Waals surface area contributed by atoms with Gasteiger partial charge >= 0.3 is 0 Å². The second-order valence-electron chi connectivity index (χ2n) is 6.53. The van der Waals surface area contributed by atoms with Crippen LogP contribution in [0.15, 0.2) is 52.1 Å². The summed E-state index contributed by atoms with van der Waals surface area (Å²) in [5, 5.41) is 11.9. The summed E-state index contributed by atoms with van der Waals surface area (Å²) >= 11 is 11.0. The molecule has 1 aliphatic rings. The number of thioether (sulfide) groups is 1. The summed E-state index contributed by atoms with van der Waals surface area (Å²) in [7, 11) is 0. The van der Waals surface area contributed by atoms with E-state index in [-0.39, 0.29) is 11.9 Å². The van der Waals surface area contributed by atoms with Crippen molar-refractivity contribution < 1.29 is 4.79 Å². The van der Waals surface area contributed by atoms with Crippen molar-refractivity contribution in [2.45, 2.75) is 30.3 Å². The molecule has 1 aliphatic heterocycles. The van der Waals surface area contributed by atoms with Gasteiger partial charge in [-0.1, -0.05) is 69.1 Å². The molecule has 9 heteroatoms. The highest BCUT2D eigenvalue weighted by atomic mass is 79.9. The summed E-state index contributed by atoms with van der Waals surface area (Å²) in [6, 6.07) is 13.3. The molecule has 4 rings (SSSR count). The maximum Gasteiger partial charge on any atom is 0.240 e. The number of nitrogens with one attached hydrogen (secondary N) is 2. The zero-order valence-electron chi connectivity index (χ0n) is 15.1. The summed E-state index contributed by atoms with van der Waals surface area (Å²) in [6.07, 6.45) is 0. The van der Waals surface area contributed by atoms with Crippen LogP contribution in [0.4, 0.5) is 5.69 Å². The van der Waals surface area contributed by atoms with Crippen LogP contribution in [-0.4, -0.2) is 26.0 Å². The number of amides is 1. The lowest BCUT2D eigenvalue weighted by Crippen LogP contribution is -2.41. The Labute approximate surface area is 180 Å². The fourth-order valence-electron chi connectivity index (χ4n) is 2.98. The maximum atomic E-state index is 13.2. The Morgan fingerprint density at radius 1 is 1.21 bits per heavy atom. The molecule has 2 aromatic carbocycles. The molecule has 144 valence electrons. The van der Waals surface area contributed by atoms with Crippen LogP contribution in [0, 0.1) is 13.8 Å². The third-order valence-electron chi connectivity index (χ3n) is 4.48. The van der Waals surface area contributed by atoms with Crippen LogP contribution in [-0.2, 0) is 4.79 Å². The first-order valence-electron chi connectivity index (χ1n) is 8.60. The number of hydrogen-bond acceptors (Lipinski definition) is 5. The molecule has 0 aliphatic carbocycles. The standard InChI is InChI=1S/C19H17BrClN5OS/c1-10-3-5-12(6-4-10)16-17(28-19-24-23-11(2)26(19)25-16)18(27)22-15-8-7-13(20)9-14(15)21/h3-9,16-17,25H,1-2H3,(H,22,27). The maximum absolute atomic E-state index is 13.2. The molecule has 6 nitrogen and oxygen atoms in total. The number of benzene rings is 2. The minimum atomic E-state index is -0.446. The van der Waals surface area contributed by atoms with E-state index in [9.17, 15) is 4.79 Å². The van der Waals surface area contributed by atoms with Gasteiger partial charge in [-0.25, -0.2) is 4.68 Å². The van der Waals surface area contributed by atoms with Crippen molar-refractivity contribution in [3.8, 4) is 0 Å². The fraction of sp³-hybridized carbons (Fsp3) is 0.211. The van der Waals surface area contributed by atoms with Crippen molar-refractivity contribution in [3.63, 3.8) is 0 Å². The number of anilines is 1. The first-order chi connectivity index (χ1) is 13.4. The van der Waals surface area contributed by atoms with E-state index in [1.165, 1.54) is 11.8 Å². The van der Waals surface area contributed by atoms with E-state index < -0.39 is 5.25 Å². The van der Waals surface area contributed by atoms with Crippen molar-refractivity contribution in [1.29, 1.82) is 0 Å². The quantitative estimate of drug-likeness (QED) is 0.570. The Balaban J connectivity index is 1.67. The number of nitrogens with zero attached hydrogens (tertiary/aromatic N) is 3. The van der Waals surface area contributed by atoms with E-state index in [2.05, 4.69) is 36.9 Å². The van der Waals surface area contributed by atoms with Gasteiger partial charge in [-0.2, -0.15) is 0 Å². The number of carbonyl (C=O) groups is 1. The Morgan fingerprint density at radius 3 is 2.68 bits per heavy atom. The van der Waals surface area contributed by atoms with Gasteiger partial charge < -0.3 is 10.7 Å². The molecule has 0 spiro atoms. The molecule has 2 heterocycles. The van der Waals surface area contributed by atoms with Crippen LogP contribution >= 0.6 is 39.3 Å². The topological polar surface area (TPSA) is 71.8 Å². The van der Waals surface area contributed by atoms with Crippen LogP contribution < -0.4 is 10.7 Å². The summed E-state index contributed by atoms with van der Waals surface area (Å²) in [5.74, 6) is 0.591. The van der Waals surface area contributed by atoms with Gasteiger partial charge in [0.2, 0.25) is 11.1 Å². The largest absolute Gasteiger partial charge is 0.324 e. The number of hydrogen-bond donors (Lipinski definition) is 2. The van der Waals surface area contributed by atoms with Crippen molar-refractivity contribution in [3.05, 3.63) is 68.9 Å². The van der Waals surface area contributed by atoms with Crippen LogP contribution in [0.1, 0.15) is 23.0 Å². The van der Waals surface area contributed by atoms with Gasteiger partial charge in [0.1, 0.15) is 11.1 Å². The van der Waals surface area contributed by atoms with Crippen LogP contribution in [0.2, 0.25) is 5.02 Å². The SMILES string of the molecule is Cc1ccc(C2Nn3c(C)nnc3SC2C(=O)Nc2ccc(Br)cc2Cl)cc1. The van der Waals surface area contributed by atoms with E-state index in [1.54, 1.807) is 12.1 Å². The summed E-state index contributed by atoms with van der Waals surface area (Å²) < 4.78 is 2.68. The Morgan fingerprint density at radius 2 is 1.96 bits per heavy atom. The number of aryl methyl sites for hydroxylation is 2. The second kappa shape index (κ2) is 7.77. The zero-order valence-corrected chi connectivity index (χ0v) is 18.3. The first-order valence-corrected chi connectivity index (χ1v) is 10.6. The van der Waals surface area contributed by atoms with Gasteiger partial charge in [0.15, 0.2) is 0 Å². The molecule has 2 atom stereocenters. The van der Waals surface area contributed by atoms with Crippen molar-refractivity contribution in [2.75, 3.05) is 10.7 Å². The van der Waals surface area contributed by atoms with E-state index >= 15 is 0 Å². The number of carbonyl (C=O) groups excluding carboxylic acids is 1. The molecule has 0 radical (unpaired) electrons. The lowest BCUT2D eigenvalue weighted by atomic mass is 10.0. The average Bonchev–Trinajstić information content (AvgIpc) is 3.04. The predicted octanol–water partition coefficient (Wildman–Crippen LogP) is 4.71. The van der Waals surface area contributed by atoms with E-state index in [1.807, 2.05) is 48.9 Å². The Bertz CT molecular complexity index is 1040. The molecule has 0 fully saturated rings.